The highest BCUT2D eigenvalue weighted by atomic mass is 16.5. The Bertz CT molecular complexity index is 487. The van der Waals surface area contributed by atoms with Gasteiger partial charge in [-0.05, 0) is 11.6 Å². The number of aromatic nitrogens is 1. The van der Waals surface area contributed by atoms with Crippen molar-refractivity contribution in [2.75, 3.05) is 6.61 Å². The lowest BCUT2D eigenvalue weighted by molar-refractivity contribution is -0.143. The van der Waals surface area contributed by atoms with Gasteiger partial charge in [0, 0.05) is 29.9 Å². The van der Waals surface area contributed by atoms with E-state index in [9.17, 15) is 4.79 Å². The van der Waals surface area contributed by atoms with Crippen LogP contribution in [0.15, 0.2) is 30.5 Å². The van der Waals surface area contributed by atoms with Gasteiger partial charge in [0.15, 0.2) is 0 Å². The van der Waals surface area contributed by atoms with E-state index >= 15 is 0 Å². The summed E-state index contributed by atoms with van der Waals surface area (Å²) in [7, 11) is 0. The van der Waals surface area contributed by atoms with E-state index in [0.717, 1.165) is 11.9 Å². The van der Waals surface area contributed by atoms with Crippen molar-refractivity contribution in [3.05, 3.63) is 36.0 Å². The minimum Gasteiger partial charge on any atom is -0.465 e. The van der Waals surface area contributed by atoms with Gasteiger partial charge < -0.3 is 9.72 Å². The van der Waals surface area contributed by atoms with Crippen molar-refractivity contribution in [1.29, 1.82) is 0 Å². The number of benzene rings is 1. The standard InChI is InChI=1S/C13H15NO2/c1-2-13(15)16-8-7-10-9-14-12-6-4-3-5-11(10)12/h3-6,9,14H,2,7-8H2,1H3. The Morgan fingerprint density at radius 2 is 2.19 bits per heavy atom. The van der Waals surface area contributed by atoms with E-state index in [-0.39, 0.29) is 5.97 Å². The molecule has 1 N–H and O–H groups in total. The zero-order chi connectivity index (χ0) is 11.4. The van der Waals surface area contributed by atoms with Crippen LogP contribution in [0.1, 0.15) is 18.9 Å². The van der Waals surface area contributed by atoms with Gasteiger partial charge in [0.05, 0.1) is 6.61 Å². The van der Waals surface area contributed by atoms with Crippen molar-refractivity contribution in [3.8, 4) is 0 Å². The molecular weight excluding hydrogens is 202 g/mol. The summed E-state index contributed by atoms with van der Waals surface area (Å²) in [5.41, 5.74) is 2.32. The second-order valence-corrected chi connectivity index (χ2v) is 3.68. The first kappa shape index (κ1) is 10.7. The Labute approximate surface area is 94.4 Å². The van der Waals surface area contributed by atoms with E-state index in [1.54, 1.807) is 6.92 Å². The van der Waals surface area contributed by atoms with Crippen molar-refractivity contribution >= 4 is 16.9 Å². The van der Waals surface area contributed by atoms with E-state index in [4.69, 9.17) is 4.74 Å². The quantitative estimate of drug-likeness (QED) is 0.800. The zero-order valence-electron chi connectivity index (χ0n) is 9.32. The molecule has 0 aliphatic carbocycles. The van der Waals surface area contributed by atoms with Crippen LogP contribution in [0, 0.1) is 0 Å². The highest BCUT2D eigenvalue weighted by molar-refractivity contribution is 5.83. The number of ether oxygens (including phenoxy) is 1. The van der Waals surface area contributed by atoms with E-state index < -0.39 is 0 Å². The third-order valence-corrected chi connectivity index (χ3v) is 2.60. The average Bonchev–Trinajstić information content (AvgIpc) is 2.73. The molecule has 2 aromatic rings. The minimum atomic E-state index is -0.139. The predicted octanol–water partition coefficient (Wildman–Crippen LogP) is 2.66. The monoisotopic (exact) mass is 217 g/mol. The van der Waals surface area contributed by atoms with E-state index in [0.29, 0.717) is 13.0 Å². The number of carbonyl (C=O) groups excluding carboxylic acids is 1. The van der Waals surface area contributed by atoms with Crippen LogP contribution in [0.2, 0.25) is 0 Å². The Kier molecular flexibility index (Phi) is 3.25. The fourth-order valence-electron chi connectivity index (χ4n) is 1.72. The summed E-state index contributed by atoms with van der Waals surface area (Å²) in [6.07, 6.45) is 3.17. The lowest BCUT2D eigenvalue weighted by atomic mass is 10.1. The average molecular weight is 217 g/mol. The fourth-order valence-corrected chi connectivity index (χ4v) is 1.72. The first-order valence-electron chi connectivity index (χ1n) is 5.52. The molecule has 0 saturated heterocycles. The molecule has 0 atom stereocenters. The highest BCUT2D eigenvalue weighted by Gasteiger charge is 2.04. The molecule has 0 aliphatic rings. The molecule has 0 bridgehead atoms. The van der Waals surface area contributed by atoms with Crippen molar-refractivity contribution in [3.63, 3.8) is 0 Å². The van der Waals surface area contributed by atoms with Gasteiger partial charge in [-0.25, -0.2) is 0 Å². The number of hydrogen-bond donors (Lipinski definition) is 1. The van der Waals surface area contributed by atoms with Crippen LogP contribution in [-0.2, 0) is 16.0 Å². The van der Waals surface area contributed by atoms with Crippen LogP contribution < -0.4 is 0 Å². The maximum atomic E-state index is 11.0. The number of fused-ring (bicyclic) bond motifs is 1. The Balaban J connectivity index is 2.02. The predicted molar refractivity (Wildman–Crippen MR) is 63.3 cm³/mol. The molecule has 0 aliphatic heterocycles. The van der Waals surface area contributed by atoms with Crippen LogP contribution in [0.25, 0.3) is 10.9 Å². The lowest BCUT2D eigenvalue weighted by Gasteiger charge is -2.02. The molecule has 0 radical (unpaired) electrons. The van der Waals surface area contributed by atoms with E-state index in [1.165, 1.54) is 10.9 Å². The van der Waals surface area contributed by atoms with Crippen LogP contribution in [0.4, 0.5) is 0 Å². The number of H-pyrrole nitrogens is 1. The van der Waals surface area contributed by atoms with Crippen molar-refractivity contribution in [2.45, 2.75) is 19.8 Å². The van der Waals surface area contributed by atoms with Gasteiger partial charge in [-0.3, -0.25) is 4.79 Å². The van der Waals surface area contributed by atoms with Gasteiger partial charge in [0.1, 0.15) is 0 Å². The van der Waals surface area contributed by atoms with Gasteiger partial charge in [-0.1, -0.05) is 25.1 Å². The molecule has 0 fully saturated rings. The zero-order valence-corrected chi connectivity index (χ0v) is 9.32. The maximum Gasteiger partial charge on any atom is 0.305 e. The summed E-state index contributed by atoms with van der Waals surface area (Å²) < 4.78 is 5.06. The van der Waals surface area contributed by atoms with Crippen LogP contribution in [0.3, 0.4) is 0 Å². The van der Waals surface area contributed by atoms with Crippen LogP contribution in [-0.4, -0.2) is 17.6 Å². The Hall–Kier alpha value is -1.77. The number of para-hydroxylation sites is 1. The number of aromatic amines is 1. The first-order valence-corrected chi connectivity index (χ1v) is 5.52. The van der Waals surface area contributed by atoms with Gasteiger partial charge in [-0.15, -0.1) is 0 Å². The number of nitrogens with one attached hydrogen (secondary N) is 1. The molecule has 3 nitrogen and oxygen atoms in total. The van der Waals surface area contributed by atoms with Crippen LogP contribution >= 0.6 is 0 Å². The largest absolute Gasteiger partial charge is 0.465 e. The number of esters is 1. The molecule has 1 heterocycles. The molecule has 3 heteroatoms. The summed E-state index contributed by atoms with van der Waals surface area (Å²) in [5.74, 6) is -0.139. The minimum absolute atomic E-state index is 0.139. The molecule has 16 heavy (non-hydrogen) atoms. The van der Waals surface area contributed by atoms with Gasteiger partial charge in [0.25, 0.3) is 0 Å². The third kappa shape index (κ3) is 2.24. The maximum absolute atomic E-state index is 11.0. The smallest absolute Gasteiger partial charge is 0.305 e. The van der Waals surface area contributed by atoms with Gasteiger partial charge in [-0.2, -0.15) is 0 Å². The summed E-state index contributed by atoms with van der Waals surface area (Å²) in [6, 6.07) is 8.12. The Morgan fingerprint density at radius 1 is 1.38 bits per heavy atom. The summed E-state index contributed by atoms with van der Waals surface area (Å²) in [5, 5.41) is 1.20. The third-order valence-electron chi connectivity index (χ3n) is 2.60. The molecule has 1 aromatic heterocycles. The summed E-state index contributed by atoms with van der Waals surface area (Å²) in [4.78, 5) is 14.2. The molecule has 2 rings (SSSR count). The Morgan fingerprint density at radius 3 is 3.00 bits per heavy atom. The number of carbonyl (C=O) groups is 1. The van der Waals surface area contributed by atoms with E-state index in [1.807, 2.05) is 24.4 Å². The van der Waals surface area contributed by atoms with Crippen molar-refractivity contribution < 1.29 is 9.53 Å². The second kappa shape index (κ2) is 4.84. The molecule has 0 saturated carbocycles. The van der Waals surface area contributed by atoms with Crippen molar-refractivity contribution in [2.24, 2.45) is 0 Å². The summed E-state index contributed by atoms with van der Waals surface area (Å²) in [6.45, 7) is 2.25. The van der Waals surface area contributed by atoms with Gasteiger partial charge in [0.2, 0.25) is 0 Å². The van der Waals surface area contributed by atoms with Crippen molar-refractivity contribution in [1.82, 2.24) is 4.98 Å². The summed E-state index contributed by atoms with van der Waals surface area (Å²) >= 11 is 0. The molecular formula is C13H15NO2. The molecule has 1 aromatic carbocycles. The molecule has 0 unspecified atom stereocenters. The topological polar surface area (TPSA) is 42.1 Å². The second-order valence-electron chi connectivity index (χ2n) is 3.68. The molecule has 84 valence electrons. The lowest BCUT2D eigenvalue weighted by Crippen LogP contribution is -2.05. The molecule has 0 amide bonds. The first-order chi connectivity index (χ1) is 7.81. The fraction of sp³-hybridized carbons (Fsp3) is 0.308. The normalized spacial score (nSPS) is 10.6. The SMILES string of the molecule is CCC(=O)OCCc1c[nH]c2ccccc12. The number of hydrogen-bond acceptors (Lipinski definition) is 2. The highest BCUT2D eigenvalue weighted by Crippen LogP contribution is 2.17. The number of rotatable bonds is 4. The van der Waals surface area contributed by atoms with E-state index in [2.05, 4.69) is 11.1 Å². The van der Waals surface area contributed by atoms with Crippen LogP contribution in [0.5, 0.6) is 0 Å². The molecule has 0 spiro atoms. The van der Waals surface area contributed by atoms with Gasteiger partial charge >= 0.3 is 5.97 Å².